The lowest BCUT2D eigenvalue weighted by molar-refractivity contribution is -0.137. The van der Waals surface area contributed by atoms with Crippen LogP contribution in [0.1, 0.15) is 12.0 Å². The third-order valence-electron chi connectivity index (χ3n) is 3.03. The Morgan fingerprint density at radius 1 is 1.42 bits per heavy atom. The average Bonchev–Trinajstić information content (AvgIpc) is 2.69. The number of rotatable bonds is 2. The highest BCUT2D eigenvalue weighted by Crippen LogP contribution is 2.37. The average molecular weight is 310 g/mol. The smallest absolute Gasteiger partial charge is 0.311 e. The predicted octanol–water partition coefficient (Wildman–Crippen LogP) is 3.64. The quantitative estimate of drug-likeness (QED) is 0.827. The van der Waals surface area contributed by atoms with E-state index in [-0.39, 0.29) is 29.0 Å². The van der Waals surface area contributed by atoms with E-state index in [1.165, 1.54) is 11.0 Å². The molecule has 7 heteroatoms. The van der Waals surface area contributed by atoms with Crippen LogP contribution < -0.4 is 4.90 Å². The zero-order chi connectivity index (χ0) is 14.2. The van der Waals surface area contributed by atoms with Crippen molar-refractivity contribution in [2.75, 3.05) is 17.2 Å². The number of amides is 1. The highest BCUT2D eigenvalue weighted by Gasteiger charge is 2.34. The summed E-state index contributed by atoms with van der Waals surface area (Å²) < 4.78 is 38.0. The summed E-state index contributed by atoms with van der Waals surface area (Å²) in [7, 11) is 0. The van der Waals surface area contributed by atoms with E-state index in [9.17, 15) is 18.0 Å². The van der Waals surface area contributed by atoms with Crippen LogP contribution in [0.15, 0.2) is 18.2 Å². The number of carbonyl (C=O) groups is 1. The number of hydrogen-bond donors (Lipinski definition) is 1. The van der Waals surface area contributed by atoms with Crippen molar-refractivity contribution in [2.45, 2.75) is 12.6 Å². The number of thiol groups is 1. The maximum absolute atomic E-state index is 12.7. The van der Waals surface area contributed by atoms with Gasteiger partial charge in [0.05, 0.1) is 16.3 Å². The second-order valence-corrected chi connectivity index (χ2v) is 5.19. The Morgan fingerprint density at radius 3 is 2.63 bits per heavy atom. The van der Waals surface area contributed by atoms with Gasteiger partial charge in [-0.15, -0.1) is 0 Å². The molecule has 1 atom stereocenters. The number of nitrogens with zero attached hydrogens (tertiary/aromatic N) is 1. The van der Waals surface area contributed by atoms with Gasteiger partial charge in [-0.3, -0.25) is 4.79 Å². The van der Waals surface area contributed by atoms with Crippen LogP contribution in [0.4, 0.5) is 18.9 Å². The molecule has 104 valence electrons. The largest absolute Gasteiger partial charge is 0.416 e. The third-order valence-corrected chi connectivity index (χ3v) is 3.86. The number of hydrogen-bond acceptors (Lipinski definition) is 2. The molecule has 0 spiro atoms. The van der Waals surface area contributed by atoms with E-state index in [1.807, 2.05) is 0 Å². The highest BCUT2D eigenvalue weighted by molar-refractivity contribution is 7.80. The van der Waals surface area contributed by atoms with E-state index < -0.39 is 11.7 Å². The first-order valence-corrected chi connectivity index (χ1v) is 6.62. The van der Waals surface area contributed by atoms with E-state index in [2.05, 4.69) is 12.6 Å². The maximum atomic E-state index is 12.7. The molecular formula is C12H11ClF3NOS. The predicted molar refractivity (Wildman–Crippen MR) is 70.8 cm³/mol. The second kappa shape index (κ2) is 5.25. The summed E-state index contributed by atoms with van der Waals surface area (Å²) in [6.45, 7) is 0.351. The highest BCUT2D eigenvalue weighted by atomic mass is 35.5. The maximum Gasteiger partial charge on any atom is 0.416 e. The summed E-state index contributed by atoms with van der Waals surface area (Å²) in [6.07, 6.45) is -4.17. The molecule has 0 saturated carbocycles. The molecule has 0 N–H and O–H groups in total. The summed E-state index contributed by atoms with van der Waals surface area (Å²) in [4.78, 5) is 13.1. The van der Waals surface area contributed by atoms with Gasteiger partial charge in [0.15, 0.2) is 0 Å². The molecule has 1 unspecified atom stereocenters. The SMILES string of the molecule is O=C1CC(CS)CN1c1cc(C(F)(F)F)ccc1Cl. The monoisotopic (exact) mass is 309 g/mol. The zero-order valence-corrected chi connectivity index (χ0v) is 11.4. The lowest BCUT2D eigenvalue weighted by atomic mass is 10.1. The molecular weight excluding hydrogens is 299 g/mol. The van der Waals surface area contributed by atoms with Crippen molar-refractivity contribution in [1.29, 1.82) is 0 Å². The first-order valence-electron chi connectivity index (χ1n) is 5.61. The summed E-state index contributed by atoms with van der Waals surface area (Å²) in [6, 6.07) is 2.99. The van der Waals surface area contributed by atoms with Crippen LogP contribution in [-0.4, -0.2) is 18.2 Å². The van der Waals surface area contributed by atoms with Crippen molar-refractivity contribution in [3.63, 3.8) is 0 Å². The van der Waals surface area contributed by atoms with Crippen molar-refractivity contribution in [1.82, 2.24) is 0 Å². The Labute approximate surface area is 118 Å². The van der Waals surface area contributed by atoms with Crippen LogP contribution in [0.3, 0.4) is 0 Å². The van der Waals surface area contributed by atoms with E-state index in [0.29, 0.717) is 12.3 Å². The zero-order valence-electron chi connectivity index (χ0n) is 9.75. The van der Waals surface area contributed by atoms with Crippen molar-refractivity contribution >= 4 is 35.8 Å². The fourth-order valence-electron chi connectivity index (χ4n) is 2.03. The lowest BCUT2D eigenvalue weighted by Gasteiger charge is -2.19. The van der Waals surface area contributed by atoms with Gasteiger partial charge in [-0.25, -0.2) is 0 Å². The van der Waals surface area contributed by atoms with Crippen LogP contribution >= 0.6 is 24.2 Å². The van der Waals surface area contributed by atoms with Gasteiger partial charge in [-0.2, -0.15) is 25.8 Å². The van der Waals surface area contributed by atoms with E-state index in [4.69, 9.17) is 11.6 Å². The molecule has 1 fully saturated rings. The molecule has 1 aromatic carbocycles. The minimum atomic E-state index is -4.45. The van der Waals surface area contributed by atoms with Crippen LogP contribution in [-0.2, 0) is 11.0 Å². The summed E-state index contributed by atoms with van der Waals surface area (Å²) in [5.74, 6) is 0.334. The van der Waals surface area contributed by atoms with E-state index in [0.717, 1.165) is 12.1 Å². The van der Waals surface area contributed by atoms with E-state index in [1.54, 1.807) is 0 Å². The van der Waals surface area contributed by atoms with Crippen molar-refractivity contribution in [3.05, 3.63) is 28.8 Å². The van der Waals surface area contributed by atoms with Gasteiger partial charge < -0.3 is 4.90 Å². The molecule has 0 aromatic heterocycles. The van der Waals surface area contributed by atoms with E-state index >= 15 is 0 Å². The molecule has 2 rings (SSSR count). The third kappa shape index (κ3) is 3.00. The first kappa shape index (κ1) is 14.5. The van der Waals surface area contributed by atoms with Gasteiger partial charge in [0.25, 0.3) is 0 Å². The minimum absolute atomic E-state index is 0.0430. The molecule has 0 bridgehead atoms. The van der Waals surface area contributed by atoms with Gasteiger partial charge in [0, 0.05) is 13.0 Å². The van der Waals surface area contributed by atoms with Gasteiger partial charge >= 0.3 is 6.18 Å². The van der Waals surface area contributed by atoms with Crippen molar-refractivity contribution in [3.8, 4) is 0 Å². The lowest BCUT2D eigenvalue weighted by Crippen LogP contribution is -2.25. The Kier molecular flexibility index (Phi) is 4.01. The fourth-order valence-corrected chi connectivity index (χ4v) is 2.50. The number of anilines is 1. The minimum Gasteiger partial charge on any atom is -0.311 e. The van der Waals surface area contributed by atoms with Crippen LogP contribution in [0.5, 0.6) is 0 Å². The Balaban J connectivity index is 2.37. The Morgan fingerprint density at radius 2 is 2.11 bits per heavy atom. The first-order chi connectivity index (χ1) is 8.82. The molecule has 1 heterocycles. The molecule has 0 aliphatic carbocycles. The topological polar surface area (TPSA) is 20.3 Å². The van der Waals surface area contributed by atoms with Gasteiger partial charge in [0.1, 0.15) is 0 Å². The molecule has 2 nitrogen and oxygen atoms in total. The molecule has 0 radical (unpaired) electrons. The number of benzene rings is 1. The number of carbonyl (C=O) groups excluding carboxylic acids is 1. The second-order valence-electron chi connectivity index (χ2n) is 4.42. The molecule has 19 heavy (non-hydrogen) atoms. The van der Waals surface area contributed by atoms with Crippen molar-refractivity contribution < 1.29 is 18.0 Å². The number of halogens is 4. The Hall–Kier alpha value is -0.880. The van der Waals surface area contributed by atoms with Crippen LogP contribution in [0.25, 0.3) is 0 Å². The fraction of sp³-hybridized carbons (Fsp3) is 0.417. The Bertz CT molecular complexity index is 506. The van der Waals surface area contributed by atoms with Crippen LogP contribution in [0.2, 0.25) is 5.02 Å². The van der Waals surface area contributed by atoms with Gasteiger partial charge in [0.2, 0.25) is 5.91 Å². The molecule has 1 saturated heterocycles. The standard InChI is InChI=1S/C12H11ClF3NOS/c13-9-2-1-8(12(14,15)16)4-10(9)17-5-7(6-19)3-11(17)18/h1-2,4,7,19H,3,5-6H2. The number of alkyl halides is 3. The van der Waals surface area contributed by atoms with Gasteiger partial charge in [-0.1, -0.05) is 11.6 Å². The van der Waals surface area contributed by atoms with Gasteiger partial charge in [-0.05, 0) is 29.9 Å². The summed E-state index contributed by atoms with van der Waals surface area (Å²) in [5, 5.41) is 0.140. The molecule has 1 amide bonds. The molecule has 1 aliphatic heterocycles. The summed E-state index contributed by atoms with van der Waals surface area (Å²) in [5.41, 5.74) is -0.695. The molecule has 1 aliphatic rings. The molecule has 1 aromatic rings. The van der Waals surface area contributed by atoms with Crippen LogP contribution in [0, 0.1) is 5.92 Å². The summed E-state index contributed by atoms with van der Waals surface area (Å²) >= 11 is 10.0. The van der Waals surface area contributed by atoms with Crippen molar-refractivity contribution in [2.24, 2.45) is 5.92 Å². The normalized spacial score (nSPS) is 20.2.